The topological polar surface area (TPSA) is 272 Å². The van der Waals surface area contributed by atoms with E-state index in [2.05, 4.69) is 296 Å². The molecule has 18 nitrogen and oxygen atoms in total. The van der Waals surface area contributed by atoms with Crippen LogP contribution in [0.3, 0.4) is 0 Å². The molecule has 0 amide bonds. The van der Waals surface area contributed by atoms with E-state index in [9.17, 15) is 21.0 Å². The molecular weight excluding hydrogens is 1770 g/mol. The lowest BCUT2D eigenvalue weighted by molar-refractivity contribution is 1.30. The number of nitrogens with zero attached hydrogens (tertiary/aromatic N) is 18. The van der Waals surface area contributed by atoms with Crippen LogP contribution < -0.4 is 0 Å². The first kappa shape index (κ1) is 91.5. The molecule has 0 atom stereocenters. The van der Waals surface area contributed by atoms with Crippen molar-refractivity contribution in [2.45, 2.75) is 0 Å². The molecule has 0 fully saturated rings. The number of hydrogen-bond acceptors (Lipinski definition) is 15. The van der Waals surface area contributed by atoms with Crippen LogP contribution in [0, 0.1) is 87.7 Å². The van der Waals surface area contributed by atoms with Crippen molar-refractivity contribution in [1.29, 1.82) is 31.6 Å². The fourth-order valence-corrected chi connectivity index (χ4v) is 16.9. The van der Waals surface area contributed by atoms with Gasteiger partial charge in [-0.2, -0.15) is 31.6 Å². The van der Waals surface area contributed by atoms with E-state index < -0.39 is 0 Å². The average Bonchev–Trinajstić information content (AvgIpc) is 0.781. The first-order valence-electron chi connectivity index (χ1n) is 45.4. The Bertz CT molecular complexity index is 7960. The van der Waals surface area contributed by atoms with Crippen molar-refractivity contribution in [3.8, 4) is 238 Å². The molecule has 666 valence electrons. The van der Waals surface area contributed by atoms with E-state index in [1.54, 1.807) is 147 Å². The molecule has 9 heterocycles. The van der Waals surface area contributed by atoms with Gasteiger partial charge in [0.1, 0.15) is 24.3 Å². The quantitative estimate of drug-likeness (QED) is 0.0722. The summed E-state index contributed by atoms with van der Waals surface area (Å²) in [6, 6.07) is 139. The Hall–Kier alpha value is -21.6. The predicted molar refractivity (Wildman–Crippen MR) is 564 cm³/mol. The highest BCUT2D eigenvalue weighted by Gasteiger charge is 2.19. The zero-order valence-electron chi connectivity index (χ0n) is 76.6. The molecule has 0 N–H and O–H groups in total. The second-order valence-corrected chi connectivity index (χ2v) is 33.3. The summed E-state index contributed by atoms with van der Waals surface area (Å²) in [4.78, 5) is 50.7. The van der Waals surface area contributed by atoms with Crippen LogP contribution in [-0.4, -0.2) is 44.9 Å². The van der Waals surface area contributed by atoms with Gasteiger partial charge >= 0.3 is 0 Å². The fourth-order valence-electron chi connectivity index (χ4n) is 16.9. The Morgan fingerprint density at radius 3 is 0.694 bits per heavy atom. The van der Waals surface area contributed by atoms with Crippen molar-refractivity contribution >= 4 is 17.1 Å². The van der Waals surface area contributed by atoms with Gasteiger partial charge in [-0.25, -0.2) is 14.5 Å². The summed E-state index contributed by atoms with van der Waals surface area (Å²) >= 11 is 0. The zero-order chi connectivity index (χ0) is 98.6. The van der Waals surface area contributed by atoms with Crippen molar-refractivity contribution in [2.24, 2.45) is 0 Å². The largest absolute Gasteiger partial charge is 0.268 e. The van der Waals surface area contributed by atoms with Crippen molar-refractivity contribution < 1.29 is 0 Å². The number of pyridine rings is 9. The van der Waals surface area contributed by atoms with Crippen molar-refractivity contribution in [3.63, 3.8) is 0 Å². The van der Waals surface area contributed by atoms with E-state index in [-0.39, 0.29) is 0 Å². The number of benzene rings is 12. The number of rotatable bonds is 18. The van der Waals surface area contributed by atoms with Crippen LogP contribution in [0.4, 0.5) is 17.1 Å². The Labute approximate surface area is 831 Å². The molecule has 0 saturated heterocycles. The summed E-state index contributed by atoms with van der Waals surface area (Å²) in [5, 5.41) is 56.1. The first-order chi connectivity index (χ1) is 70.8. The van der Waals surface area contributed by atoms with Crippen LogP contribution in [0.1, 0.15) is 33.4 Å². The Kier molecular flexibility index (Phi) is 27.0. The molecule has 21 rings (SSSR count). The van der Waals surface area contributed by atoms with Crippen LogP contribution in [0.5, 0.6) is 0 Å². The molecule has 0 unspecified atom stereocenters. The molecule has 0 radical (unpaired) electrons. The van der Waals surface area contributed by atoms with E-state index >= 15 is 0 Å². The van der Waals surface area contributed by atoms with Gasteiger partial charge in [-0.1, -0.05) is 237 Å². The molecule has 9 aromatic heterocycles. The molecule has 0 spiro atoms. The lowest BCUT2D eigenvalue weighted by Crippen LogP contribution is -1.90. The molecular formula is C126H72N18. The minimum absolute atomic E-state index is 0.515. The van der Waals surface area contributed by atoms with Gasteiger partial charge in [0.05, 0.1) is 116 Å². The molecule has 12 aromatic carbocycles. The van der Waals surface area contributed by atoms with E-state index in [4.69, 9.17) is 30.2 Å². The van der Waals surface area contributed by atoms with Crippen LogP contribution in [0.2, 0.25) is 0 Å². The van der Waals surface area contributed by atoms with Crippen molar-refractivity contribution in [3.05, 3.63) is 506 Å². The lowest BCUT2D eigenvalue weighted by Gasteiger charge is -2.13. The van der Waals surface area contributed by atoms with Gasteiger partial charge in [0.25, 0.3) is 0 Å². The summed E-state index contributed by atoms with van der Waals surface area (Å²) in [6.07, 6.45) is 14.8. The van der Waals surface area contributed by atoms with Gasteiger partial charge in [-0.3, -0.25) is 44.9 Å². The minimum Gasteiger partial charge on any atom is -0.268 e. The van der Waals surface area contributed by atoms with E-state index in [0.717, 1.165) is 184 Å². The normalized spacial score (nSPS) is 10.4. The maximum Gasteiger partial charge on any atom is 0.212 e. The lowest BCUT2D eigenvalue weighted by atomic mass is 9.92. The first-order valence-corrected chi connectivity index (χ1v) is 45.4. The third-order valence-corrected chi connectivity index (χ3v) is 24.4. The zero-order valence-corrected chi connectivity index (χ0v) is 76.6. The highest BCUT2D eigenvalue weighted by atomic mass is 14.8. The van der Waals surface area contributed by atoms with Gasteiger partial charge in [0, 0.05) is 94.7 Å². The van der Waals surface area contributed by atoms with Gasteiger partial charge < -0.3 is 0 Å². The second-order valence-electron chi connectivity index (χ2n) is 33.3. The Balaban J connectivity index is 0.000000137. The molecule has 0 aliphatic heterocycles. The summed E-state index contributed by atoms with van der Waals surface area (Å²) in [5.41, 5.74) is 38.7. The van der Waals surface area contributed by atoms with Gasteiger partial charge in [-0.15, -0.1) is 0 Å². The minimum atomic E-state index is 0.515. The average molecular weight is 1840 g/mol. The van der Waals surface area contributed by atoms with Crippen molar-refractivity contribution in [2.75, 3.05) is 0 Å². The Morgan fingerprint density at radius 1 is 0.167 bits per heavy atom. The summed E-state index contributed by atoms with van der Waals surface area (Å²) in [5.74, 6) is 0. The number of hydrogen-bond donors (Lipinski definition) is 0. The Morgan fingerprint density at radius 2 is 0.424 bits per heavy atom. The van der Waals surface area contributed by atoms with E-state index in [1.165, 1.54) is 0 Å². The van der Waals surface area contributed by atoms with Gasteiger partial charge in [0.2, 0.25) is 11.4 Å². The summed E-state index contributed by atoms with van der Waals surface area (Å²) in [6.45, 7) is 22.1. The van der Waals surface area contributed by atoms with Crippen LogP contribution in [0.25, 0.3) is 216 Å². The molecule has 21 aromatic rings. The van der Waals surface area contributed by atoms with E-state index in [1.807, 2.05) is 91.0 Å². The highest BCUT2D eigenvalue weighted by Crippen LogP contribution is 2.42. The maximum atomic E-state index is 9.58. The molecule has 0 aliphatic carbocycles. The standard InChI is InChI=1S/3C42H24N6/c1-45-39-16-19-42(48-27-39)35-14-8-32(9-15-35)38-21-36(30-4-10-33(11-5-30)40-17-2-28(23-43)25-46-40)20-37(22-38)31-6-12-34(13-7-31)41-18-3-29(24-44)26-47-41;1-45-39-16-19-48-42(25-39)35-12-6-32(7-13-35)38-23-36(30-2-8-33(9-3-30)40-20-28(26-43)14-17-46-40)22-37(24-38)31-4-10-34(11-5-31)41-21-29(27-44)15-18-47-41;1-45-39-7-4-22-48-42(39)33-18-12-30(13-19-33)38-24-36(28-8-14-31(15-9-28)40-34(26-43)5-2-20-46-40)23-37(25-38)29-10-16-32(17-11-29)41-35(27-44)6-3-21-47-41/h2-22,25-27H;2*2-25H. The smallest absolute Gasteiger partial charge is 0.212 e. The molecule has 144 heavy (non-hydrogen) atoms. The monoisotopic (exact) mass is 1840 g/mol. The highest BCUT2D eigenvalue weighted by molar-refractivity contribution is 5.89. The van der Waals surface area contributed by atoms with Crippen LogP contribution >= 0.6 is 0 Å². The second kappa shape index (κ2) is 42.5. The third kappa shape index (κ3) is 20.8. The van der Waals surface area contributed by atoms with E-state index in [0.29, 0.717) is 67.5 Å². The molecule has 0 bridgehead atoms. The molecule has 0 saturated carbocycles. The van der Waals surface area contributed by atoms with Crippen LogP contribution in [0.15, 0.2) is 438 Å². The number of nitriles is 6. The summed E-state index contributed by atoms with van der Waals surface area (Å²) in [7, 11) is 0. The maximum absolute atomic E-state index is 9.58. The summed E-state index contributed by atoms with van der Waals surface area (Å²) < 4.78 is 0. The fraction of sp³-hybridized carbons (Fsp3) is 0. The molecule has 0 aliphatic rings. The van der Waals surface area contributed by atoms with Crippen LogP contribution in [-0.2, 0) is 0 Å². The third-order valence-electron chi connectivity index (χ3n) is 24.4. The number of aromatic nitrogens is 9. The van der Waals surface area contributed by atoms with Gasteiger partial charge in [-0.05, 0) is 257 Å². The SMILES string of the molecule is [C-]#[N+]c1ccc(-c2ccc(-c3cc(-c4ccc(-c5ccc(C#N)cn5)cc4)cc(-c4ccc(-c5ccc(C#N)cn5)cc4)c3)cc2)nc1.[C-]#[N+]c1cccnc1-c1ccc(-c2cc(-c3ccc(-c4ncccc4C#N)cc3)cc(-c3ccc(-c4ncccc4C#N)cc3)c2)cc1.[C-]#[N+]c1ccnc(-c2ccc(-c3cc(-c4ccc(-c5cc(C#N)ccn5)cc4)cc(-c4ccc(-c5cc(C#N)ccn5)cc4)c3)cc2)c1. The predicted octanol–water partition coefficient (Wildman–Crippen LogP) is 30.5. The van der Waals surface area contributed by atoms with Crippen molar-refractivity contribution in [1.82, 2.24) is 44.9 Å². The van der Waals surface area contributed by atoms with Gasteiger partial charge in [0.15, 0.2) is 5.69 Å². The molecule has 18 heteroatoms.